The van der Waals surface area contributed by atoms with Crippen molar-refractivity contribution in [2.45, 2.75) is 39.7 Å². The molecule has 1 aromatic rings. The summed E-state index contributed by atoms with van der Waals surface area (Å²) in [6, 6.07) is 3.92. The van der Waals surface area contributed by atoms with Crippen LogP contribution in [0, 0.1) is 12.3 Å². The van der Waals surface area contributed by atoms with Gasteiger partial charge in [0.2, 0.25) is 5.88 Å². The van der Waals surface area contributed by atoms with Crippen molar-refractivity contribution in [2.75, 3.05) is 20.2 Å². The lowest BCUT2D eigenvalue weighted by Gasteiger charge is -2.38. The van der Waals surface area contributed by atoms with Gasteiger partial charge in [-0.3, -0.25) is 9.69 Å². The van der Waals surface area contributed by atoms with Crippen molar-refractivity contribution >= 4 is 5.97 Å². The fourth-order valence-corrected chi connectivity index (χ4v) is 2.95. The molecule has 0 aliphatic carbocycles. The molecule has 0 aromatic carbocycles. The van der Waals surface area contributed by atoms with Crippen molar-refractivity contribution in [1.29, 1.82) is 0 Å². The minimum absolute atomic E-state index is 0.524. The summed E-state index contributed by atoms with van der Waals surface area (Å²) in [7, 11) is 1.61. The van der Waals surface area contributed by atoms with Gasteiger partial charge in [-0.15, -0.1) is 0 Å². The number of hydrogen-bond acceptors (Lipinski definition) is 4. The average molecular weight is 292 g/mol. The van der Waals surface area contributed by atoms with Crippen LogP contribution in [-0.4, -0.2) is 41.2 Å². The van der Waals surface area contributed by atoms with Gasteiger partial charge in [-0.1, -0.05) is 13.0 Å². The zero-order valence-corrected chi connectivity index (χ0v) is 13.1. The molecule has 2 rings (SSSR count). The Labute approximate surface area is 125 Å². The smallest absolute Gasteiger partial charge is 0.309 e. The number of pyridine rings is 1. The molecular weight excluding hydrogens is 268 g/mol. The number of piperidine rings is 1. The Morgan fingerprint density at radius 2 is 2.10 bits per heavy atom. The quantitative estimate of drug-likeness (QED) is 0.903. The number of aryl methyl sites for hydroxylation is 1. The van der Waals surface area contributed by atoms with Crippen LogP contribution in [-0.2, 0) is 11.3 Å². The van der Waals surface area contributed by atoms with E-state index < -0.39 is 11.4 Å². The van der Waals surface area contributed by atoms with E-state index in [4.69, 9.17) is 4.74 Å². The number of carboxylic acid groups (broad SMARTS) is 1. The largest absolute Gasteiger partial charge is 0.481 e. The summed E-state index contributed by atoms with van der Waals surface area (Å²) in [5.74, 6) is -0.0160. The second kappa shape index (κ2) is 6.43. The maximum Gasteiger partial charge on any atom is 0.309 e. The molecule has 2 heterocycles. The Balaban J connectivity index is 1.99. The molecule has 1 saturated heterocycles. The molecule has 21 heavy (non-hydrogen) atoms. The molecule has 1 fully saturated rings. The number of carbonyl (C=O) groups is 1. The predicted molar refractivity (Wildman–Crippen MR) is 80.4 cm³/mol. The Hall–Kier alpha value is -1.62. The number of rotatable bonds is 5. The van der Waals surface area contributed by atoms with E-state index in [0.717, 1.165) is 38.2 Å². The number of carboxylic acids is 1. The Morgan fingerprint density at radius 3 is 2.57 bits per heavy atom. The topological polar surface area (TPSA) is 62.7 Å². The SMILES string of the molecule is CCC1(C(=O)O)CCN(Cc2ccc(OC)nc2C)CC1. The van der Waals surface area contributed by atoms with Gasteiger partial charge in [0, 0.05) is 18.3 Å². The monoisotopic (exact) mass is 292 g/mol. The van der Waals surface area contributed by atoms with Gasteiger partial charge in [0.15, 0.2) is 0 Å². The first-order valence-electron chi connectivity index (χ1n) is 7.47. The summed E-state index contributed by atoms with van der Waals surface area (Å²) < 4.78 is 5.12. The molecule has 116 valence electrons. The first kappa shape index (κ1) is 15.8. The highest BCUT2D eigenvalue weighted by Crippen LogP contribution is 2.35. The van der Waals surface area contributed by atoms with Gasteiger partial charge >= 0.3 is 5.97 Å². The maximum absolute atomic E-state index is 11.5. The third-order valence-corrected chi connectivity index (χ3v) is 4.72. The van der Waals surface area contributed by atoms with Crippen LogP contribution >= 0.6 is 0 Å². The second-order valence-corrected chi connectivity index (χ2v) is 5.81. The van der Waals surface area contributed by atoms with Crippen LogP contribution in [0.2, 0.25) is 0 Å². The number of likely N-dealkylation sites (tertiary alicyclic amines) is 1. The van der Waals surface area contributed by atoms with E-state index in [9.17, 15) is 9.90 Å². The van der Waals surface area contributed by atoms with Gasteiger partial charge in [-0.2, -0.15) is 0 Å². The molecular formula is C16H24N2O3. The molecule has 5 heteroatoms. The lowest BCUT2D eigenvalue weighted by atomic mass is 9.76. The Kier molecular flexibility index (Phi) is 4.83. The van der Waals surface area contributed by atoms with Crippen LogP contribution < -0.4 is 4.74 Å². The van der Waals surface area contributed by atoms with E-state index in [2.05, 4.69) is 9.88 Å². The number of aliphatic carboxylic acids is 1. The maximum atomic E-state index is 11.5. The molecule has 1 aliphatic rings. The van der Waals surface area contributed by atoms with E-state index in [0.29, 0.717) is 12.3 Å². The zero-order chi connectivity index (χ0) is 15.5. The molecule has 0 saturated carbocycles. The van der Waals surface area contributed by atoms with Gasteiger partial charge in [0.1, 0.15) is 0 Å². The first-order valence-corrected chi connectivity index (χ1v) is 7.47. The third kappa shape index (κ3) is 3.35. The normalized spacial score (nSPS) is 18.4. The van der Waals surface area contributed by atoms with Gasteiger partial charge in [0.05, 0.1) is 12.5 Å². The number of nitrogens with zero attached hydrogens (tertiary/aromatic N) is 2. The van der Waals surface area contributed by atoms with Crippen molar-refractivity contribution in [1.82, 2.24) is 9.88 Å². The molecule has 0 unspecified atom stereocenters. The fourth-order valence-electron chi connectivity index (χ4n) is 2.95. The zero-order valence-electron chi connectivity index (χ0n) is 13.1. The molecule has 0 amide bonds. The van der Waals surface area contributed by atoms with Crippen molar-refractivity contribution in [2.24, 2.45) is 5.41 Å². The van der Waals surface area contributed by atoms with E-state index in [1.165, 1.54) is 5.56 Å². The summed E-state index contributed by atoms with van der Waals surface area (Å²) in [5.41, 5.74) is 1.62. The van der Waals surface area contributed by atoms with E-state index in [-0.39, 0.29) is 0 Å². The number of ether oxygens (including phenoxy) is 1. The van der Waals surface area contributed by atoms with Crippen molar-refractivity contribution in [3.63, 3.8) is 0 Å². The lowest BCUT2D eigenvalue weighted by Crippen LogP contribution is -2.43. The van der Waals surface area contributed by atoms with Crippen LogP contribution in [0.25, 0.3) is 0 Å². The number of aromatic nitrogens is 1. The van der Waals surface area contributed by atoms with Crippen LogP contribution in [0.3, 0.4) is 0 Å². The Bertz CT molecular complexity index is 508. The summed E-state index contributed by atoms with van der Waals surface area (Å²) in [5, 5.41) is 9.42. The fraction of sp³-hybridized carbons (Fsp3) is 0.625. The third-order valence-electron chi connectivity index (χ3n) is 4.72. The van der Waals surface area contributed by atoms with Crippen LogP contribution in [0.4, 0.5) is 0 Å². The first-order chi connectivity index (χ1) is 10.0. The van der Waals surface area contributed by atoms with Gasteiger partial charge in [-0.05, 0) is 44.8 Å². The van der Waals surface area contributed by atoms with E-state index >= 15 is 0 Å². The molecule has 1 N–H and O–H groups in total. The molecule has 5 nitrogen and oxygen atoms in total. The highest BCUT2D eigenvalue weighted by molar-refractivity contribution is 5.74. The Morgan fingerprint density at radius 1 is 1.43 bits per heavy atom. The summed E-state index contributed by atoms with van der Waals surface area (Å²) >= 11 is 0. The minimum atomic E-state index is -0.646. The predicted octanol–water partition coefficient (Wildman–Crippen LogP) is 2.48. The van der Waals surface area contributed by atoms with Crippen LogP contribution in [0.5, 0.6) is 5.88 Å². The van der Waals surface area contributed by atoms with E-state index in [1.807, 2.05) is 26.0 Å². The number of methoxy groups -OCH3 is 1. The highest BCUT2D eigenvalue weighted by Gasteiger charge is 2.39. The average Bonchev–Trinajstić information content (AvgIpc) is 2.50. The molecule has 1 aromatic heterocycles. The standard InChI is InChI=1S/C16H24N2O3/c1-4-16(15(19)20)7-9-18(10-8-16)11-13-5-6-14(21-3)17-12(13)2/h5-6H,4,7-11H2,1-3H3,(H,19,20). The molecule has 0 radical (unpaired) electrons. The van der Waals surface area contributed by atoms with Gasteiger partial charge in [0.25, 0.3) is 0 Å². The minimum Gasteiger partial charge on any atom is -0.481 e. The van der Waals surface area contributed by atoms with E-state index in [1.54, 1.807) is 7.11 Å². The molecule has 0 spiro atoms. The van der Waals surface area contributed by atoms with Gasteiger partial charge in [-0.25, -0.2) is 4.98 Å². The summed E-state index contributed by atoms with van der Waals surface area (Å²) in [6.07, 6.45) is 2.15. The number of hydrogen-bond donors (Lipinski definition) is 1. The molecule has 0 atom stereocenters. The van der Waals surface area contributed by atoms with Crippen LogP contribution in [0.1, 0.15) is 37.4 Å². The van der Waals surface area contributed by atoms with Crippen molar-refractivity contribution in [3.8, 4) is 5.88 Å². The van der Waals surface area contributed by atoms with Gasteiger partial charge < -0.3 is 9.84 Å². The summed E-state index contributed by atoms with van der Waals surface area (Å²) in [4.78, 5) is 18.2. The lowest BCUT2D eigenvalue weighted by molar-refractivity contribution is -0.152. The van der Waals surface area contributed by atoms with Crippen molar-refractivity contribution in [3.05, 3.63) is 23.4 Å². The summed E-state index contributed by atoms with van der Waals surface area (Å²) in [6.45, 7) is 6.43. The molecule has 0 bridgehead atoms. The molecule has 1 aliphatic heterocycles. The van der Waals surface area contributed by atoms with Crippen molar-refractivity contribution < 1.29 is 14.6 Å². The second-order valence-electron chi connectivity index (χ2n) is 5.81. The van der Waals surface area contributed by atoms with Crippen LogP contribution in [0.15, 0.2) is 12.1 Å². The highest BCUT2D eigenvalue weighted by atomic mass is 16.5.